The van der Waals surface area contributed by atoms with Crippen LogP contribution < -0.4 is 11.5 Å². The molecule has 19 heavy (non-hydrogen) atoms. The summed E-state index contributed by atoms with van der Waals surface area (Å²) in [7, 11) is 0. The molecule has 0 saturated carbocycles. The third-order valence-corrected chi connectivity index (χ3v) is 1.75. The first-order valence-electron chi connectivity index (χ1n) is 5.60. The molecule has 1 aromatic rings. The average molecular weight is 268 g/mol. The highest BCUT2D eigenvalue weighted by Crippen LogP contribution is 1.96. The van der Waals surface area contributed by atoms with Gasteiger partial charge in [-0.2, -0.15) is 0 Å². The Morgan fingerprint density at radius 1 is 1.21 bits per heavy atom. The molecule has 0 aliphatic carbocycles. The predicted octanol–water partition coefficient (Wildman–Crippen LogP) is 1.20. The molecule has 5 N–H and O–H groups in total. The molecule has 0 aliphatic rings. The Morgan fingerprint density at radius 3 is 1.95 bits per heavy atom. The van der Waals surface area contributed by atoms with E-state index in [1.807, 2.05) is 30.3 Å². The van der Waals surface area contributed by atoms with Crippen LogP contribution >= 0.6 is 0 Å². The zero-order valence-corrected chi connectivity index (χ0v) is 10.9. The van der Waals surface area contributed by atoms with Crippen molar-refractivity contribution in [1.82, 2.24) is 0 Å². The molecule has 6 heteroatoms. The molecule has 0 aliphatic heterocycles. The summed E-state index contributed by atoms with van der Waals surface area (Å²) in [4.78, 5) is 28.7. The van der Waals surface area contributed by atoms with Crippen LogP contribution in [0.25, 0.3) is 0 Å². The van der Waals surface area contributed by atoms with E-state index < -0.39 is 0 Å². The predicted molar refractivity (Wildman–Crippen MR) is 73.3 cm³/mol. The van der Waals surface area contributed by atoms with Gasteiger partial charge in [-0.25, -0.2) is 0 Å². The van der Waals surface area contributed by atoms with Crippen molar-refractivity contribution in [1.29, 1.82) is 0 Å². The topological polar surface area (TPSA) is 123 Å². The quantitative estimate of drug-likeness (QED) is 0.559. The van der Waals surface area contributed by atoms with Gasteiger partial charge in [0.1, 0.15) is 5.78 Å². The van der Waals surface area contributed by atoms with Crippen molar-refractivity contribution in [3.8, 4) is 0 Å². The van der Waals surface area contributed by atoms with Gasteiger partial charge in [-0.1, -0.05) is 18.2 Å². The Hall–Kier alpha value is -2.37. The molecule has 0 heterocycles. The van der Waals surface area contributed by atoms with Crippen LogP contribution in [0.3, 0.4) is 0 Å². The number of Topliss-reactive ketones (excluding diaryl/α,β-unsaturated/α-hetero) is 1. The van der Waals surface area contributed by atoms with Crippen molar-refractivity contribution < 1.29 is 19.5 Å². The fourth-order valence-electron chi connectivity index (χ4n) is 0.965. The van der Waals surface area contributed by atoms with E-state index in [9.17, 15) is 9.59 Å². The molecule has 0 radical (unpaired) electrons. The lowest BCUT2D eigenvalue weighted by Gasteiger charge is -1.90. The minimum atomic E-state index is -0.337. The normalized spacial score (nSPS) is 8.05. The second-order valence-corrected chi connectivity index (χ2v) is 3.54. The summed E-state index contributed by atoms with van der Waals surface area (Å²) in [6.45, 7) is 1.25. The zero-order chi connectivity index (χ0) is 15.1. The highest BCUT2D eigenvalue weighted by Gasteiger charge is 1.95. The fourth-order valence-corrected chi connectivity index (χ4v) is 0.965. The Labute approximate surface area is 112 Å². The van der Waals surface area contributed by atoms with Crippen molar-refractivity contribution in [2.45, 2.75) is 26.2 Å². The molecule has 0 bridgehead atoms. The number of carbonyl (C=O) groups excluding carboxylic acids is 2. The second kappa shape index (κ2) is 13.7. The third-order valence-electron chi connectivity index (χ3n) is 1.75. The fraction of sp³-hybridized carbons (Fsp3) is 0.308. The van der Waals surface area contributed by atoms with Gasteiger partial charge in [0, 0.05) is 18.5 Å². The molecule has 0 fully saturated rings. The molecule has 1 aromatic carbocycles. The van der Waals surface area contributed by atoms with Crippen LogP contribution in [-0.2, 0) is 14.4 Å². The van der Waals surface area contributed by atoms with Crippen LogP contribution in [0, 0.1) is 0 Å². The number of hydrogen-bond donors (Lipinski definition) is 3. The van der Waals surface area contributed by atoms with Crippen LogP contribution in [0.5, 0.6) is 0 Å². The number of nitrogen functional groups attached to an aromatic ring is 1. The number of rotatable bonds is 4. The number of para-hydroxylation sites is 1. The van der Waals surface area contributed by atoms with E-state index in [1.165, 1.54) is 6.92 Å². The lowest BCUT2D eigenvalue weighted by atomic mass is 10.2. The molecule has 0 spiro atoms. The zero-order valence-electron chi connectivity index (χ0n) is 10.9. The van der Waals surface area contributed by atoms with E-state index in [2.05, 4.69) is 0 Å². The van der Waals surface area contributed by atoms with Gasteiger partial charge in [0.25, 0.3) is 6.47 Å². The van der Waals surface area contributed by atoms with Gasteiger partial charge in [0.05, 0.1) is 0 Å². The van der Waals surface area contributed by atoms with Gasteiger partial charge >= 0.3 is 0 Å². The summed E-state index contributed by atoms with van der Waals surface area (Å²) in [5.74, 6) is -0.229. The van der Waals surface area contributed by atoms with E-state index in [1.54, 1.807) is 0 Å². The van der Waals surface area contributed by atoms with E-state index in [4.69, 9.17) is 21.4 Å². The molecule has 6 nitrogen and oxygen atoms in total. The van der Waals surface area contributed by atoms with E-state index in [0.717, 1.165) is 5.69 Å². The summed E-state index contributed by atoms with van der Waals surface area (Å²) in [6.07, 6.45) is 1.37. The van der Waals surface area contributed by atoms with E-state index in [0.29, 0.717) is 19.3 Å². The molecule has 1 rings (SSSR count). The number of carbonyl (C=O) groups is 3. The molecular formula is C13H20N2O4. The number of ketones is 1. The maximum absolute atomic E-state index is 10.3. The monoisotopic (exact) mass is 268 g/mol. The summed E-state index contributed by atoms with van der Waals surface area (Å²) < 4.78 is 0. The van der Waals surface area contributed by atoms with Crippen LogP contribution in [0.15, 0.2) is 30.3 Å². The summed E-state index contributed by atoms with van der Waals surface area (Å²) in [5, 5.41) is 6.89. The van der Waals surface area contributed by atoms with Crippen LogP contribution in [-0.4, -0.2) is 23.3 Å². The van der Waals surface area contributed by atoms with Crippen molar-refractivity contribution in [3.05, 3.63) is 30.3 Å². The molecular weight excluding hydrogens is 248 g/mol. The third kappa shape index (κ3) is 21.5. The van der Waals surface area contributed by atoms with Gasteiger partial charge in [-0.15, -0.1) is 0 Å². The lowest BCUT2D eigenvalue weighted by Crippen LogP contribution is -2.10. The highest BCUT2D eigenvalue weighted by molar-refractivity contribution is 5.77. The molecule has 1 amide bonds. The number of hydrogen-bond acceptors (Lipinski definition) is 4. The summed E-state index contributed by atoms with van der Waals surface area (Å²) in [6, 6.07) is 9.49. The number of carboxylic acid groups (broad SMARTS) is 1. The molecule has 0 aromatic heterocycles. The Bertz CT molecular complexity index is 352. The van der Waals surface area contributed by atoms with E-state index in [-0.39, 0.29) is 18.2 Å². The lowest BCUT2D eigenvalue weighted by molar-refractivity contribution is -0.123. The van der Waals surface area contributed by atoms with Gasteiger partial charge in [-0.3, -0.25) is 9.59 Å². The Morgan fingerprint density at radius 2 is 1.68 bits per heavy atom. The van der Waals surface area contributed by atoms with Gasteiger partial charge in [0.2, 0.25) is 5.91 Å². The van der Waals surface area contributed by atoms with Crippen molar-refractivity contribution in [2.75, 3.05) is 5.73 Å². The minimum absolute atomic E-state index is 0.108. The number of benzene rings is 1. The van der Waals surface area contributed by atoms with Crippen LogP contribution in [0.4, 0.5) is 5.69 Å². The average Bonchev–Trinajstić information content (AvgIpc) is 2.30. The van der Waals surface area contributed by atoms with Gasteiger partial charge in [0.15, 0.2) is 0 Å². The molecule has 0 unspecified atom stereocenters. The molecule has 106 valence electrons. The molecule has 0 saturated heterocycles. The number of nitrogens with two attached hydrogens (primary N) is 2. The van der Waals surface area contributed by atoms with Crippen LogP contribution in [0.2, 0.25) is 0 Å². The standard InChI is InChI=1S/C6H11NO2.C6H7N.CH2O2/c1-5(8)3-2-4-6(7)9;7-6-4-2-1-3-5-6;2-1-3/h2-4H2,1H3,(H2,7,9);1-5H,7H2;1H,(H,2,3). The first-order valence-corrected chi connectivity index (χ1v) is 5.60. The van der Waals surface area contributed by atoms with Crippen molar-refractivity contribution >= 4 is 23.9 Å². The van der Waals surface area contributed by atoms with Crippen LogP contribution in [0.1, 0.15) is 26.2 Å². The van der Waals surface area contributed by atoms with E-state index >= 15 is 0 Å². The SMILES string of the molecule is CC(=O)CCCC(N)=O.Nc1ccccc1.O=CO. The highest BCUT2D eigenvalue weighted by atomic mass is 16.3. The minimum Gasteiger partial charge on any atom is -0.483 e. The smallest absolute Gasteiger partial charge is 0.290 e. The van der Waals surface area contributed by atoms with Gasteiger partial charge in [-0.05, 0) is 25.5 Å². The number of amides is 1. The number of primary amides is 1. The van der Waals surface area contributed by atoms with Gasteiger partial charge < -0.3 is 21.4 Å². The molecule has 0 atom stereocenters. The first kappa shape index (κ1) is 19.0. The first-order chi connectivity index (χ1) is 8.93. The maximum Gasteiger partial charge on any atom is 0.290 e. The largest absolute Gasteiger partial charge is 0.483 e. The Kier molecular flexibility index (Phi) is 13.7. The number of anilines is 1. The Balaban J connectivity index is 0. The summed E-state index contributed by atoms with van der Waals surface area (Å²) in [5.41, 5.74) is 11.0. The second-order valence-electron chi connectivity index (χ2n) is 3.54. The maximum atomic E-state index is 10.3. The van der Waals surface area contributed by atoms with Crippen molar-refractivity contribution in [3.63, 3.8) is 0 Å². The van der Waals surface area contributed by atoms with Crippen molar-refractivity contribution in [2.24, 2.45) is 5.73 Å². The summed E-state index contributed by atoms with van der Waals surface area (Å²) >= 11 is 0.